The molecule has 0 bridgehead atoms. The van der Waals surface area contributed by atoms with Crippen LogP contribution in [0.25, 0.3) is 0 Å². The van der Waals surface area contributed by atoms with Gasteiger partial charge in [-0.1, -0.05) is 161 Å². The van der Waals surface area contributed by atoms with Gasteiger partial charge in [-0.05, 0) is 12.8 Å². The van der Waals surface area contributed by atoms with E-state index in [1.807, 2.05) is 0 Å². The van der Waals surface area contributed by atoms with Gasteiger partial charge >= 0.3 is 23.9 Å². The van der Waals surface area contributed by atoms with Crippen molar-refractivity contribution >= 4 is 47.5 Å². The van der Waals surface area contributed by atoms with Gasteiger partial charge in [0, 0.05) is 56.8 Å². The highest BCUT2D eigenvalue weighted by Gasteiger charge is 2.22. The maximum atomic E-state index is 13.0. The molecule has 0 aliphatic carbocycles. The molecule has 1 rings (SSSR count). The molecule has 1 unspecified atom stereocenters. The van der Waals surface area contributed by atoms with Crippen LogP contribution in [0, 0.1) is 0 Å². The summed E-state index contributed by atoms with van der Waals surface area (Å²) in [5, 5.41) is 17.1. The summed E-state index contributed by atoms with van der Waals surface area (Å²) in [6.07, 6.45) is 27.4. The quantitative estimate of drug-likeness (QED) is 0.0370. The largest absolute Gasteiger partial charge is 0.481 e. The first-order valence-corrected chi connectivity index (χ1v) is 26.4. The maximum absolute atomic E-state index is 13.0. The third kappa shape index (κ3) is 33.4. The highest BCUT2D eigenvalue weighted by molar-refractivity contribution is 7.99. The number of aromatic nitrogens is 3. The van der Waals surface area contributed by atoms with Gasteiger partial charge in [-0.15, -0.1) is 5.10 Å². The molecule has 374 valence electrons. The molecule has 2 amide bonds. The maximum Gasteiger partial charge on any atom is 0.327 e. The number of hydrogen-bond acceptors (Lipinski definition) is 12. The average molecular weight is 938 g/mol. The monoisotopic (exact) mass is 938 g/mol. The first-order chi connectivity index (χ1) is 31.5. The lowest BCUT2D eigenvalue weighted by Gasteiger charge is -2.27. The minimum absolute atomic E-state index is 0.0513. The molecule has 0 aromatic carbocycles. The van der Waals surface area contributed by atoms with Crippen LogP contribution in [0.1, 0.15) is 207 Å². The van der Waals surface area contributed by atoms with E-state index < -0.39 is 24.0 Å². The van der Waals surface area contributed by atoms with Crippen LogP contribution >= 0.6 is 11.8 Å². The summed E-state index contributed by atoms with van der Waals surface area (Å²) in [7, 11) is 0. The second kappa shape index (κ2) is 40.6. The minimum atomic E-state index is -0.956. The number of carbonyl (C=O) groups is 6. The zero-order valence-electron chi connectivity index (χ0n) is 40.9. The van der Waals surface area contributed by atoms with Gasteiger partial charge in [-0.2, -0.15) is 11.8 Å². The molecule has 0 aliphatic rings. The SMILES string of the molecule is CCCCCCCCCCCCCC(=O)OCC(COC(=O)Cn1cc(CN(CCN(CCSCCC(=O)O)C(=O)CC)C(=O)CC)nn1)OC(=O)CCCCCCCCCCCCC. The molecule has 1 atom stereocenters. The van der Waals surface area contributed by atoms with Crippen molar-refractivity contribution in [1.29, 1.82) is 0 Å². The van der Waals surface area contributed by atoms with Crippen molar-refractivity contribution < 1.29 is 48.1 Å². The number of unbranched alkanes of at least 4 members (excludes halogenated alkanes) is 20. The van der Waals surface area contributed by atoms with E-state index in [4.69, 9.17) is 19.3 Å². The van der Waals surface area contributed by atoms with Crippen molar-refractivity contribution in [3.8, 4) is 0 Å². The van der Waals surface area contributed by atoms with Gasteiger partial charge in [0.2, 0.25) is 11.8 Å². The summed E-state index contributed by atoms with van der Waals surface area (Å²) in [4.78, 5) is 78.1. The molecular formula is C49H87N5O10S. The molecule has 0 aliphatic heterocycles. The Morgan fingerprint density at radius 1 is 0.585 bits per heavy atom. The predicted molar refractivity (Wildman–Crippen MR) is 256 cm³/mol. The number of hydrogen-bond donors (Lipinski definition) is 1. The third-order valence-electron chi connectivity index (χ3n) is 11.3. The van der Waals surface area contributed by atoms with Crippen LogP contribution in [-0.2, 0) is 56.1 Å². The highest BCUT2D eigenvalue weighted by atomic mass is 32.2. The Morgan fingerprint density at radius 2 is 1.05 bits per heavy atom. The van der Waals surface area contributed by atoms with E-state index in [0.717, 1.165) is 38.5 Å². The van der Waals surface area contributed by atoms with Gasteiger partial charge < -0.3 is 29.1 Å². The van der Waals surface area contributed by atoms with Gasteiger partial charge in [0.1, 0.15) is 25.5 Å². The molecule has 15 nitrogen and oxygen atoms in total. The molecule has 1 aromatic heterocycles. The Bertz CT molecular complexity index is 1430. The lowest BCUT2D eigenvalue weighted by molar-refractivity contribution is -0.167. The number of carbonyl (C=O) groups excluding carboxylic acids is 5. The zero-order chi connectivity index (χ0) is 47.8. The van der Waals surface area contributed by atoms with E-state index in [1.165, 1.54) is 113 Å². The van der Waals surface area contributed by atoms with Gasteiger partial charge in [-0.3, -0.25) is 28.8 Å². The molecule has 0 saturated heterocycles. The van der Waals surface area contributed by atoms with Crippen molar-refractivity contribution in [1.82, 2.24) is 24.8 Å². The average Bonchev–Trinajstić information content (AvgIpc) is 3.74. The summed E-state index contributed by atoms with van der Waals surface area (Å²) in [5.74, 6) is -1.48. The molecule has 65 heavy (non-hydrogen) atoms. The standard InChI is InChI=1S/C49H87N5O10S/c1-5-9-11-13-15-17-19-21-23-25-27-29-47(59)62-40-43(64-48(60)30-28-26-24-22-20-18-16-14-12-10-6-2)41-63-49(61)39-54-38-42(50-51-54)37-53(45(56)8-4)33-32-52(44(55)7-3)34-36-65-35-31-46(57)58/h38,43H,5-37,39-41H2,1-4H3,(H,57,58). The van der Waals surface area contributed by atoms with Crippen molar-refractivity contribution in [3.63, 3.8) is 0 Å². The van der Waals surface area contributed by atoms with Crippen molar-refractivity contribution in [3.05, 3.63) is 11.9 Å². The number of amides is 2. The summed E-state index contributed by atoms with van der Waals surface area (Å²) < 4.78 is 18.0. The van der Waals surface area contributed by atoms with Gasteiger partial charge in [0.05, 0.1) is 19.2 Å². The van der Waals surface area contributed by atoms with Crippen molar-refractivity contribution in [2.45, 2.75) is 220 Å². The van der Waals surface area contributed by atoms with Crippen LogP contribution in [-0.4, -0.2) is 116 Å². The van der Waals surface area contributed by atoms with Crippen LogP contribution < -0.4 is 0 Å². The topological polar surface area (TPSA) is 188 Å². The summed E-state index contributed by atoms with van der Waals surface area (Å²) in [6.45, 7) is 8.30. The number of thioether (sulfide) groups is 1. The van der Waals surface area contributed by atoms with E-state index in [0.29, 0.717) is 43.1 Å². The predicted octanol–water partition coefficient (Wildman–Crippen LogP) is 9.86. The Labute approximate surface area is 395 Å². The number of ether oxygens (including phenoxy) is 3. The third-order valence-corrected chi connectivity index (χ3v) is 12.2. The number of rotatable bonds is 44. The van der Waals surface area contributed by atoms with E-state index in [-0.39, 0.29) is 76.3 Å². The number of esters is 3. The van der Waals surface area contributed by atoms with E-state index >= 15 is 0 Å². The van der Waals surface area contributed by atoms with Crippen molar-refractivity contribution in [2.24, 2.45) is 0 Å². The molecule has 0 fully saturated rings. The summed E-state index contributed by atoms with van der Waals surface area (Å²) in [5.41, 5.74) is 0.441. The lowest BCUT2D eigenvalue weighted by atomic mass is 10.1. The smallest absolute Gasteiger partial charge is 0.327 e. The van der Waals surface area contributed by atoms with E-state index in [9.17, 15) is 28.8 Å². The first-order valence-electron chi connectivity index (χ1n) is 25.3. The number of carboxylic acid groups (broad SMARTS) is 1. The van der Waals surface area contributed by atoms with Crippen LogP contribution in [0.5, 0.6) is 0 Å². The van der Waals surface area contributed by atoms with Crippen molar-refractivity contribution in [2.75, 3.05) is 44.4 Å². The molecule has 0 radical (unpaired) electrons. The summed E-state index contributed by atoms with van der Waals surface area (Å²) in [6, 6.07) is 0. The fraction of sp³-hybridized carbons (Fsp3) is 0.837. The van der Waals surface area contributed by atoms with Crippen LogP contribution in [0.15, 0.2) is 6.20 Å². The Morgan fingerprint density at radius 3 is 1.55 bits per heavy atom. The zero-order valence-corrected chi connectivity index (χ0v) is 41.7. The molecular weight excluding hydrogens is 851 g/mol. The van der Waals surface area contributed by atoms with Crippen LogP contribution in [0.2, 0.25) is 0 Å². The first kappa shape index (κ1) is 59.3. The summed E-state index contributed by atoms with van der Waals surface area (Å²) >= 11 is 1.46. The van der Waals surface area contributed by atoms with E-state index in [1.54, 1.807) is 29.8 Å². The minimum Gasteiger partial charge on any atom is -0.481 e. The molecule has 0 saturated carbocycles. The fourth-order valence-electron chi connectivity index (χ4n) is 7.31. The van der Waals surface area contributed by atoms with E-state index in [2.05, 4.69) is 24.2 Å². The number of aliphatic carboxylic acids is 1. The Balaban J connectivity index is 2.69. The lowest BCUT2D eigenvalue weighted by Crippen LogP contribution is -2.41. The molecule has 0 spiro atoms. The molecule has 1 heterocycles. The Hall–Kier alpha value is -3.69. The van der Waals surface area contributed by atoms with Gasteiger partial charge in [0.15, 0.2) is 6.10 Å². The second-order valence-corrected chi connectivity index (χ2v) is 18.3. The number of carboxylic acids is 1. The molecule has 1 N–H and O–H groups in total. The van der Waals surface area contributed by atoms with Crippen LogP contribution in [0.4, 0.5) is 0 Å². The number of nitrogens with zero attached hydrogens (tertiary/aromatic N) is 5. The van der Waals surface area contributed by atoms with Gasteiger partial charge in [0.25, 0.3) is 0 Å². The van der Waals surface area contributed by atoms with Crippen LogP contribution in [0.3, 0.4) is 0 Å². The normalized spacial score (nSPS) is 11.6. The molecule has 16 heteroatoms. The highest BCUT2D eigenvalue weighted by Crippen LogP contribution is 2.15. The Kier molecular flexibility index (Phi) is 37.0. The van der Waals surface area contributed by atoms with Gasteiger partial charge in [-0.25, -0.2) is 4.68 Å². The second-order valence-electron chi connectivity index (χ2n) is 17.1. The fourth-order valence-corrected chi connectivity index (χ4v) is 8.18. The molecule has 1 aromatic rings.